The summed E-state index contributed by atoms with van der Waals surface area (Å²) in [5.41, 5.74) is 5.41. The first-order chi connectivity index (χ1) is 5.65. The van der Waals surface area contributed by atoms with Crippen LogP contribution in [0.5, 0.6) is 0 Å². The molecule has 0 bridgehead atoms. The molecule has 0 aliphatic rings. The molecule has 0 aliphatic heterocycles. The molecule has 1 atom stereocenters. The predicted molar refractivity (Wildman–Crippen MR) is 40.4 cm³/mol. The Morgan fingerprint density at radius 3 is 2.50 bits per heavy atom. The molecule has 2 nitrogen and oxygen atoms in total. The fourth-order valence-corrected chi connectivity index (χ4v) is 0.856. The monoisotopic (exact) mass is 173 g/mol. The molecule has 0 aromatic heterocycles. The van der Waals surface area contributed by atoms with Crippen LogP contribution >= 0.6 is 0 Å². The van der Waals surface area contributed by atoms with Crippen molar-refractivity contribution in [1.82, 2.24) is 0 Å². The van der Waals surface area contributed by atoms with Crippen LogP contribution in [-0.4, -0.2) is 11.7 Å². The summed E-state index contributed by atoms with van der Waals surface area (Å²) >= 11 is 0. The fourth-order valence-electron chi connectivity index (χ4n) is 0.856. The van der Waals surface area contributed by atoms with Gasteiger partial charge in [-0.1, -0.05) is 6.07 Å². The van der Waals surface area contributed by atoms with Gasteiger partial charge in [0.15, 0.2) is 11.6 Å². The number of nitrogens with two attached hydrogens (primary N) is 1. The molecule has 0 aliphatic carbocycles. The molecule has 0 unspecified atom stereocenters. The molecule has 0 amide bonds. The Balaban J connectivity index is 2.96. The Kier molecular flexibility index (Phi) is 2.73. The Labute approximate surface area is 68.6 Å². The smallest absolute Gasteiger partial charge is 0.159 e. The largest absolute Gasteiger partial charge is 0.387 e. The van der Waals surface area contributed by atoms with Crippen molar-refractivity contribution >= 4 is 0 Å². The van der Waals surface area contributed by atoms with Gasteiger partial charge >= 0.3 is 0 Å². The second kappa shape index (κ2) is 3.60. The van der Waals surface area contributed by atoms with Gasteiger partial charge in [0.05, 0.1) is 6.10 Å². The number of halogens is 2. The molecule has 0 saturated carbocycles. The lowest BCUT2D eigenvalue weighted by Crippen LogP contribution is -2.11. The van der Waals surface area contributed by atoms with Crippen LogP contribution in [0.1, 0.15) is 11.7 Å². The molecule has 1 aromatic carbocycles. The van der Waals surface area contributed by atoms with Gasteiger partial charge in [0, 0.05) is 6.54 Å². The third-order valence-corrected chi connectivity index (χ3v) is 1.55. The first-order valence-corrected chi connectivity index (χ1v) is 3.48. The van der Waals surface area contributed by atoms with Gasteiger partial charge < -0.3 is 10.8 Å². The van der Waals surface area contributed by atoms with E-state index in [2.05, 4.69) is 0 Å². The average Bonchev–Trinajstić information content (AvgIpc) is 2.08. The molecule has 66 valence electrons. The third-order valence-electron chi connectivity index (χ3n) is 1.55. The quantitative estimate of drug-likeness (QED) is 0.699. The molecule has 4 heteroatoms. The van der Waals surface area contributed by atoms with Crippen LogP contribution in [0.3, 0.4) is 0 Å². The summed E-state index contributed by atoms with van der Waals surface area (Å²) in [6.07, 6.45) is -0.930. The van der Waals surface area contributed by atoms with Crippen molar-refractivity contribution in [3.05, 3.63) is 35.4 Å². The second-order valence-electron chi connectivity index (χ2n) is 2.43. The summed E-state index contributed by atoms with van der Waals surface area (Å²) in [5, 5.41) is 9.13. The zero-order valence-corrected chi connectivity index (χ0v) is 6.30. The van der Waals surface area contributed by atoms with E-state index in [9.17, 15) is 8.78 Å². The maximum absolute atomic E-state index is 12.5. The Morgan fingerprint density at radius 1 is 1.33 bits per heavy atom. The van der Waals surface area contributed by atoms with Gasteiger partial charge in [-0.05, 0) is 17.7 Å². The van der Waals surface area contributed by atoms with Gasteiger partial charge in [-0.3, -0.25) is 0 Å². The van der Waals surface area contributed by atoms with Crippen molar-refractivity contribution in [1.29, 1.82) is 0 Å². The summed E-state index contributed by atoms with van der Waals surface area (Å²) in [6, 6.07) is 3.20. The molecular weight excluding hydrogens is 164 g/mol. The van der Waals surface area contributed by atoms with E-state index in [-0.39, 0.29) is 12.1 Å². The van der Waals surface area contributed by atoms with E-state index >= 15 is 0 Å². The van der Waals surface area contributed by atoms with E-state index in [1.165, 1.54) is 6.07 Å². The normalized spacial score (nSPS) is 13.0. The topological polar surface area (TPSA) is 46.2 Å². The van der Waals surface area contributed by atoms with Crippen molar-refractivity contribution in [2.24, 2.45) is 5.73 Å². The van der Waals surface area contributed by atoms with Crippen molar-refractivity contribution in [3.8, 4) is 0 Å². The number of aliphatic hydroxyl groups excluding tert-OH is 1. The standard InChI is InChI=1S/C8H9F2NO/c9-6-2-1-5(3-7(6)10)8(12)4-11/h1-3,8,12H,4,11H2/t8-/m1/s1. The lowest BCUT2D eigenvalue weighted by Gasteiger charge is -2.07. The molecule has 0 heterocycles. The highest BCUT2D eigenvalue weighted by atomic mass is 19.2. The van der Waals surface area contributed by atoms with E-state index < -0.39 is 17.7 Å². The number of hydrogen-bond donors (Lipinski definition) is 2. The minimum absolute atomic E-state index is 0.00886. The summed E-state index contributed by atoms with van der Waals surface area (Å²) in [4.78, 5) is 0. The summed E-state index contributed by atoms with van der Waals surface area (Å²) in [7, 11) is 0. The minimum atomic E-state index is -0.972. The maximum Gasteiger partial charge on any atom is 0.159 e. The molecule has 0 fully saturated rings. The minimum Gasteiger partial charge on any atom is -0.387 e. The zero-order chi connectivity index (χ0) is 9.14. The SMILES string of the molecule is NC[C@@H](O)c1ccc(F)c(F)c1. The van der Waals surface area contributed by atoms with Crippen LogP contribution in [0, 0.1) is 11.6 Å². The Hall–Kier alpha value is -1.00. The first-order valence-electron chi connectivity index (χ1n) is 3.48. The summed E-state index contributed by atoms with van der Waals surface area (Å²) < 4.78 is 24.9. The number of benzene rings is 1. The van der Waals surface area contributed by atoms with Crippen molar-refractivity contribution in [2.75, 3.05) is 6.54 Å². The lowest BCUT2D eigenvalue weighted by molar-refractivity contribution is 0.186. The highest BCUT2D eigenvalue weighted by Gasteiger charge is 2.08. The van der Waals surface area contributed by atoms with Gasteiger partial charge in [-0.15, -0.1) is 0 Å². The van der Waals surface area contributed by atoms with E-state index in [0.29, 0.717) is 0 Å². The molecule has 3 N–H and O–H groups in total. The Bertz CT molecular complexity index is 278. The molecule has 1 rings (SSSR count). The number of aliphatic hydroxyl groups is 1. The van der Waals surface area contributed by atoms with Crippen LogP contribution in [0.15, 0.2) is 18.2 Å². The molecule has 12 heavy (non-hydrogen) atoms. The number of rotatable bonds is 2. The molecular formula is C8H9F2NO. The average molecular weight is 173 g/mol. The van der Waals surface area contributed by atoms with Gasteiger partial charge in [-0.25, -0.2) is 8.78 Å². The van der Waals surface area contributed by atoms with Crippen LogP contribution in [0.25, 0.3) is 0 Å². The molecule has 0 radical (unpaired) electrons. The van der Waals surface area contributed by atoms with Crippen molar-refractivity contribution in [2.45, 2.75) is 6.10 Å². The fraction of sp³-hybridized carbons (Fsp3) is 0.250. The zero-order valence-electron chi connectivity index (χ0n) is 6.30. The van der Waals surface area contributed by atoms with E-state index in [1.807, 2.05) is 0 Å². The van der Waals surface area contributed by atoms with Gasteiger partial charge in [0.1, 0.15) is 0 Å². The third kappa shape index (κ3) is 1.78. The highest BCUT2D eigenvalue weighted by molar-refractivity contribution is 5.20. The van der Waals surface area contributed by atoms with Gasteiger partial charge in [0.2, 0.25) is 0 Å². The van der Waals surface area contributed by atoms with Gasteiger partial charge in [0.25, 0.3) is 0 Å². The van der Waals surface area contributed by atoms with Crippen LogP contribution in [0.2, 0.25) is 0 Å². The lowest BCUT2D eigenvalue weighted by atomic mass is 10.1. The van der Waals surface area contributed by atoms with Crippen molar-refractivity contribution in [3.63, 3.8) is 0 Å². The van der Waals surface area contributed by atoms with Crippen molar-refractivity contribution < 1.29 is 13.9 Å². The first kappa shape index (κ1) is 9.09. The van der Waals surface area contributed by atoms with Gasteiger partial charge in [-0.2, -0.15) is 0 Å². The van der Waals surface area contributed by atoms with Crippen LogP contribution < -0.4 is 5.73 Å². The highest BCUT2D eigenvalue weighted by Crippen LogP contribution is 2.14. The van der Waals surface area contributed by atoms with Crippen LogP contribution in [-0.2, 0) is 0 Å². The van der Waals surface area contributed by atoms with E-state index in [0.717, 1.165) is 12.1 Å². The van der Waals surface area contributed by atoms with E-state index in [1.54, 1.807) is 0 Å². The second-order valence-corrected chi connectivity index (χ2v) is 2.43. The molecule has 0 saturated heterocycles. The summed E-state index contributed by atoms with van der Waals surface area (Å²) in [6.45, 7) is -0.00886. The Morgan fingerprint density at radius 2 is 2.00 bits per heavy atom. The van der Waals surface area contributed by atoms with Crippen LogP contribution in [0.4, 0.5) is 8.78 Å². The maximum atomic E-state index is 12.5. The predicted octanol–water partition coefficient (Wildman–Crippen LogP) is 0.957. The molecule has 1 aromatic rings. The molecule has 0 spiro atoms. The summed E-state index contributed by atoms with van der Waals surface area (Å²) in [5.74, 6) is -1.90. The number of hydrogen-bond acceptors (Lipinski definition) is 2. The van der Waals surface area contributed by atoms with E-state index in [4.69, 9.17) is 10.8 Å².